The van der Waals surface area contributed by atoms with Crippen molar-refractivity contribution in [3.63, 3.8) is 0 Å². The smallest absolute Gasteiger partial charge is 0.254 e. The minimum atomic E-state index is 0.0764. The van der Waals surface area contributed by atoms with Gasteiger partial charge in [-0.3, -0.25) is 4.79 Å². The van der Waals surface area contributed by atoms with Crippen LogP contribution in [0, 0.1) is 0 Å². The van der Waals surface area contributed by atoms with Crippen molar-refractivity contribution < 1.29 is 9.32 Å². The van der Waals surface area contributed by atoms with Gasteiger partial charge in [-0.2, -0.15) is 4.98 Å². The highest BCUT2D eigenvalue weighted by molar-refractivity contribution is 6.33. The quantitative estimate of drug-likeness (QED) is 0.437. The molecule has 6 heteroatoms. The lowest BCUT2D eigenvalue weighted by Gasteiger charge is -2.30. The van der Waals surface area contributed by atoms with Crippen molar-refractivity contribution in [2.75, 3.05) is 13.1 Å². The first-order valence-corrected chi connectivity index (χ1v) is 10.4. The molecular weight excluding hydrogens is 398 g/mol. The van der Waals surface area contributed by atoms with Crippen LogP contribution in [0.3, 0.4) is 0 Å². The number of likely N-dealkylation sites (tertiary alicyclic amines) is 1. The molecule has 0 spiro atoms. The Hall–Kier alpha value is -3.18. The molecule has 5 rings (SSSR count). The molecule has 1 fully saturated rings. The van der Waals surface area contributed by atoms with E-state index in [-0.39, 0.29) is 11.8 Å². The van der Waals surface area contributed by atoms with Crippen molar-refractivity contribution in [1.82, 2.24) is 15.0 Å². The molecule has 0 aliphatic carbocycles. The number of benzene rings is 3. The summed E-state index contributed by atoms with van der Waals surface area (Å²) in [6.45, 7) is 1.33. The van der Waals surface area contributed by atoms with Crippen molar-refractivity contribution in [3.05, 3.63) is 83.2 Å². The van der Waals surface area contributed by atoms with Gasteiger partial charge in [0.1, 0.15) is 0 Å². The average Bonchev–Trinajstić information content (AvgIpc) is 3.29. The Morgan fingerprint density at radius 2 is 1.70 bits per heavy atom. The fourth-order valence-corrected chi connectivity index (χ4v) is 4.28. The van der Waals surface area contributed by atoms with Gasteiger partial charge in [0.25, 0.3) is 5.91 Å². The van der Waals surface area contributed by atoms with E-state index < -0.39 is 0 Å². The number of rotatable bonds is 3. The Bertz CT molecular complexity index is 1210. The van der Waals surface area contributed by atoms with Gasteiger partial charge in [0.05, 0.1) is 5.02 Å². The molecule has 1 aliphatic rings. The first kappa shape index (κ1) is 18.8. The fraction of sp³-hybridized carbons (Fsp3) is 0.208. The van der Waals surface area contributed by atoms with E-state index in [9.17, 15) is 4.79 Å². The van der Waals surface area contributed by atoms with Gasteiger partial charge in [-0.1, -0.05) is 65.3 Å². The highest BCUT2D eigenvalue weighted by Gasteiger charge is 2.28. The van der Waals surface area contributed by atoms with Crippen molar-refractivity contribution >= 4 is 28.3 Å². The van der Waals surface area contributed by atoms with Crippen molar-refractivity contribution in [2.24, 2.45) is 0 Å². The van der Waals surface area contributed by atoms with Crippen LogP contribution in [0.2, 0.25) is 5.02 Å². The van der Waals surface area contributed by atoms with E-state index >= 15 is 0 Å². The normalized spacial score (nSPS) is 14.9. The van der Waals surface area contributed by atoms with Crippen molar-refractivity contribution in [2.45, 2.75) is 18.8 Å². The molecule has 1 aromatic heterocycles. The molecule has 1 aliphatic heterocycles. The van der Waals surface area contributed by atoms with Crippen LogP contribution >= 0.6 is 11.6 Å². The molecule has 4 aromatic rings. The van der Waals surface area contributed by atoms with Crippen LogP contribution in [0.5, 0.6) is 0 Å². The summed E-state index contributed by atoms with van der Waals surface area (Å²) in [4.78, 5) is 19.6. The number of carbonyl (C=O) groups is 1. The number of fused-ring (bicyclic) bond motifs is 1. The molecule has 2 heterocycles. The van der Waals surface area contributed by atoms with Gasteiger partial charge in [-0.25, -0.2) is 0 Å². The number of hydrogen-bond acceptors (Lipinski definition) is 4. The maximum atomic E-state index is 13.1. The minimum absolute atomic E-state index is 0.0764. The summed E-state index contributed by atoms with van der Waals surface area (Å²) in [6.07, 6.45) is 1.58. The predicted molar refractivity (Wildman–Crippen MR) is 117 cm³/mol. The lowest BCUT2D eigenvalue weighted by Crippen LogP contribution is -2.38. The maximum absolute atomic E-state index is 13.1. The molecule has 0 unspecified atom stereocenters. The average molecular weight is 418 g/mol. The first-order valence-electron chi connectivity index (χ1n) is 10.1. The molecule has 1 saturated heterocycles. The van der Waals surface area contributed by atoms with E-state index in [1.54, 1.807) is 0 Å². The molecule has 150 valence electrons. The zero-order chi connectivity index (χ0) is 20.5. The number of carbonyl (C=O) groups excluding carboxylic acids is 1. The molecule has 0 radical (unpaired) electrons. The molecule has 1 amide bonds. The largest absolute Gasteiger partial charge is 0.339 e. The molecule has 5 nitrogen and oxygen atoms in total. The third-order valence-electron chi connectivity index (χ3n) is 5.71. The maximum Gasteiger partial charge on any atom is 0.254 e. The summed E-state index contributed by atoms with van der Waals surface area (Å²) < 4.78 is 5.53. The number of halogens is 1. The van der Waals surface area contributed by atoms with Gasteiger partial charge in [0, 0.05) is 30.1 Å². The van der Waals surface area contributed by atoms with E-state index in [1.807, 2.05) is 71.6 Å². The first-order chi connectivity index (χ1) is 14.7. The lowest BCUT2D eigenvalue weighted by molar-refractivity contribution is 0.0706. The molecule has 30 heavy (non-hydrogen) atoms. The van der Waals surface area contributed by atoms with Crippen LogP contribution in [0.1, 0.15) is 35.0 Å². The van der Waals surface area contributed by atoms with Gasteiger partial charge in [0.2, 0.25) is 11.7 Å². The SMILES string of the molecule is O=C(c1cccc2ccccc12)N1CCC(c2nc(-c3ccccc3Cl)no2)CC1. The number of amides is 1. The molecule has 0 N–H and O–H groups in total. The Balaban J connectivity index is 1.30. The second-order valence-corrected chi connectivity index (χ2v) is 7.94. The van der Waals surface area contributed by atoms with Crippen LogP contribution in [-0.2, 0) is 0 Å². The minimum Gasteiger partial charge on any atom is -0.339 e. The Morgan fingerprint density at radius 3 is 2.53 bits per heavy atom. The third kappa shape index (κ3) is 3.46. The topological polar surface area (TPSA) is 59.2 Å². The summed E-state index contributed by atoms with van der Waals surface area (Å²) >= 11 is 6.24. The van der Waals surface area contributed by atoms with E-state index in [4.69, 9.17) is 16.1 Å². The summed E-state index contributed by atoms with van der Waals surface area (Å²) in [5.41, 5.74) is 1.52. The van der Waals surface area contributed by atoms with E-state index in [1.165, 1.54) is 0 Å². The van der Waals surface area contributed by atoms with Crippen LogP contribution in [-0.4, -0.2) is 34.0 Å². The van der Waals surface area contributed by atoms with Gasteiger partial charge in [-0.15, -0.1) is 0 Å². The second kappa shape index (κ2) is 7.92. The Labute approximate surface area is 179 Å². The number of piperidine rings is 1. The van der Waals surface area contributed by atoms with Gasteiger partial charge < -0.3 is 9.42 Å². The molecule has 0 bridgehead atoms. The summed E-state index contributed by atoms with van der Waals surface area (Å²) in [7, 11) is 0. The molecule has 0 saturated carbocycles. The Morgan fingerprint density at radius 1 is 0.967 bits per heavy atom. The van der Waals surface area contributed by atoms with Crippen LogP contribution in [0.25, 0.3) is 22.2 Å². The van der Waals surface area contributed by atoms with E-state index in [0.29, 0.717) is 29.8 Å². The van der Waals surface area contributed by atoms with Gasteiger partial charge >= 0.3 is 0 Å². The monoisotopic (exact) mass is 417 g/mol. The van der Waals surface area contributed by atoms with Crippen LogP contribution in [0.4, 0.5) is 0 Å². The number of nitrogens with zero attached hydrogens (tertiary/aromatic N) is 3. The van der Waals surface area contributed by atoms with Crippen molar-refractivity contribution in [3.8, 4) is 11.4 Å². The zero-order valence-corrected chi connectivity index (χ0v) is 17.0. The predicted octanol–water partition coefficient (Wildman–Crippen LogP) is 5.56. The van der Waals surface area contributed by atoms with Crippen LogP contribution < -0.4 is 0 Å². The second-order valence-electron chi connectivity index (χ2n) is 7.53. The zero-order valence-electron chi connectivity index (χ0n) is 16.3. The van der Waals surface area contributed by atoms with Crippen LogP contribution in [0.15, 0.2) is 71.3 Å². The van der Waals surface area contributed by atoms with E-state index in [2.05, 4.69) is 10.1 Å². The molecular formula is C24H20ClN3O2. The highest BCUT2D eigenvalue weighted by Crippen LogP contribution is 2.31. The summed E-state index contributed by atoms with van der Waals surface area (Å²) in [6, 6.07) is 21.3. The number of hydrogen-bond donors (Lipinski definition) is 0. The summed E-state index contributed by atoms with van der Waals surface area (Å²) in [5, 5.41) is 6.78. The fourth-order valence-electron chi connectivity index (χ4n) is 4.06. The number of aromatic nitrogens is 2. The van der Waals surface area contributed by atoms with Gasteiger partial charge in [-0.05, 0) is 41.8 Å². The van der Waals surface area contributed by atoms with E-state index in [0.717, 1.165) is 34.7 Å². The van der Waals surface area contributed by atoms with Gasteiger partial charge in [0.15, 0.2) is 0 Å². The third-order valence-corrected chi connectivity index (χ3v) is 6.04. The molecule has 3 aromatic carbocycles. The highest BCUT2D eigenvalue weighted by atomic mass is 35.5. The lowest BCUT2D eigenvalue weighted by atomic mass is 9.95. The van der Waals surface area contributed by atoms with Crippen molar-refractivity contribution in [1.29, 1.82) is 0 Å². The molecule has 0 atom stereocenters. The summed E-state index contributed by atoms with van der Waals surface area (Å²) in [5.74, 6) is 1.34. The Kier molecular flexibility index (Phi) is 4.97. The standard InChI is InChI=1S/C24H20ClN3O2/c25-21-11-4-3-9-20(21)22-26-23(30-27-22)17-12-14-28(15-13-17)24(29)19-10-5-7-16-6-1-2-8-18(16)19/h1-11,17H,12-15H2.